The highest BCUT2D eigenvalue weighted by Crippen LogP contribution is 2.15. The zero-order valence-corrected chi connectivity index (χ0v) is 9.67. The van der Waals surface area contributed by atoms with Gasteiger partial charge in [0.25, 0.3) is 0 Å². The number of aromatic nitrogens is 2. The van der Waals surface area contributed by atoms with Crippen molar-refractivity contribution >= 4 is 5.69 Å². The quantitative estimate of drug-likeness (QED) is 0.889. The molecule has 0 saturated heterocycles. The Morgan fingerprint density at radius 3 is 2.76 bits per heavy atom. The Morgan fingerprint density at radius 2 is 2.12 bits per heavy atom. The molecular weight excluding hydrogens is 224 g/mol. The highest BCUT2D eigenvalue weighted by molar-refractivity contribution is 5.46. The van der Waals surface area contributed by atoms with E-state index in [1.165, 1.54) is 6.07 Å². The van der Waals surface area contributed by atoms with Crippen molar-refractivity contribution in [3.63, 3.8) is 0 Å². The molecule has 0 spiro atoms. The van der Waals surface area contributed by atoms with Crippen LogP contribution < -0.4 is 5.32 Å². The molecule has 0 bridgehead atoms. The smallest absolute Gasteiger partial charge is 0.128 e. The van der Waals surface area contributed by atoms with Crippen molar-refractivity contribution in [2.45, 2.75) is 13.5 Å². The molecule has 0 aliphatic carbocycles. The molecule has 0 fully saturated rings. The number of nitrogens with one attached hydrogen (secondary N) is 1. The van der Waals surface area contributed by atoms with Gasteiger partial charge in [-0.3, -0.25) is 4.68 Å². The van der Waals surface area contributed by atoms with Crippen LogP contribution in [0.4, 0.5) is 14.5 Å². The van der Waals surface area contributed by atoms with Gasteiger partial charge in [0.2, 0.25) is 0 Å². The minimum absolute atomic E-state index is 0.232. The van der Waals surface area contributed by atoms with Gasteiger partial charge in [-0.05, 0) is 25.1 Å². The molecule has 0 radical (unpaired) electrons. The van der Waals surface area contributed by atoms with Crippen LogP contribution in [0.5, 0.6) is 0 Å². The third kappa shape index (κ3) is 2.61. The number of halogens is 2. The number of hydrogen-bond acceptors (Lipinski definition) is 2. The molecule has 0 aliphatic rings. The Morgan fingerprint density at radius 1 is 1.35 bits per heavy atom. The van der Waals surface area contributed by atoms with Crippen LogP contribution in [0.25, 0.3) is 0 Å². The van der Waals surface area contributed by atoms with Gasteiger partial charge in [0.15, 0.2) is 0 Å². The zero-order chi connectivity index (χ0) is 12.4. The van der Waals surface area contributed by atoms with Gasteiger partial charge >= 0.3 is 0 Å². The maximum absolute atomic E-state index is 13.4. The molecule has 5 heteroatoms. The fraction of sp³-hybridized carbons (Fsp3) is 0.250. The van der Waals surface area contributed by atoms with Crippen LogP contribution in [-0.4, -0.2) is 9.78 Å². The molecule has 1 aromatic heterocycles. The lowest BCUT2D eigenvalue weighted by atomic mass is 10.2. The number of anilines is 1. The van der Waals surface area contributed by atoms with Crippen LogP contribution in [0, 0.1) is 18.6 Å². The predicted octanol–water partition coefficient (Wildman–Crippen LogP) is 2.62. The molecule has 0 unspecified atom stereocenters. The molecule has 17 heavy (non-hydrogen) atoms. The molecule has 0 atom stereocenters. The van der Waals surface area contributed by atoms with Gasteiger partial charge in [-0.15, -0.1) is 0 Å². The molecule has 0 aliphatic heterocycles. The van der Waals surface area contributed by atoms with Crippen LogP contribution in [0.15, 0.2) is 24.4 Å². The molecule has 1 N–H and O–H groups in total. The molecule has 3 nitrogen and oxygen atoms in total. The standard InChI is InChI=1S/C12H13F2N3/c1-8-12(7-17(2)16-8)15-6-9-5-10(13)3-4-11(9)14/h3-5,7,15H,6H2,1-2H3. The molecule has 1 heterocycles. The molecule has 90 valence electrons. The van der Waals surface area contributed by atoms with Crippen LogP contribution in [-0.2, 0) is 13.6 Å². The third-order valence-electron chi connectivity index (χ3n) is 2.49. The van der Waals surface area contributed by atoms with Gasteiger partial charge in [0.05, 0.1) is 11.4 Å². The van der Waals surface area contributed by atoms with Crippen molar-refractivity contribution in [3.8, 4) is 0 Å². The fourth-order valence-corrected chi connectivity index (χ4v) is 1.64. The fourth-order valence-electron chi connectivity index (χ4n) is 1.64. The number of rotatable bonds is 3. The average molecular weight is 237 g/mol. The minimum Gasteiger partial charge on any atom is -0.378 e. The van der Waals surface area contributed by atoms with E-state index in [0.717, 1.165) is 23.5 Å². The topological polar surface area (TPSA) is 29.9 Å². The lowest BCUT2D eigenvalue weighted by Crippen LogP contribution is -2.02. The van der Waals surface area contributed by atoms with Crippen molar-refractivity contribution in [2.75, 3.05) is 5.32 Å². The summed E-state index contributed by atoms with van der Waals surface area (Å²) in [5.74, 6) is -0.855. The number of benzene rings is 1. The number of aryl methyl sites for hydroxylation is 2. The zero-order valence-electron chi connectivity index (χ0n) is 9.67. The summed E-state index contributed by atoms with van der Waals surface area (Å²) in [5, 5.41) is 7.18. The van der Waals surface area contributed by atoms with Crippen LogP contribution >= 0.6 is 0 Å². The second-order valence-electron chi connectivity index (χ2n) is 3.89. The van der Waals surface area contributed by atoms with E-state index in [1.54, 1.807) is 17.9 Å². The second-order valence-corrected chi connectivity index (χ2v) is 3.89. The molecule has 2 aromatic rings. The molecule has 1 aromatic carbocycles. The van der Waals surface area contributed by atoms with E-state index in [9.17, 15) is 8.78 Å². The third-order valence-corrected chi connectivity index (χ3v) is 2.49. The van der Waals surface area contributed by atoms with Gasteiger partial charge < -0.3 is 5.32 Å². The normalized spacial score (nSPS) is 10.6. The van der Waals surface area contributed by atoms with E-state index in [4.69, 9.17) is 0 Å². The Balaban J connectivity index is 2.12. The van der Waals surface area contributed by atoms with E-state index in [1.807, 2.05) is 6.92 Å². The summed E-state index contributed by atoms with van der Waals surface area (Å²) in [5.41, 5.74) is 1.94. The summed E-state index contributed by atoms with van der Waals surface area (Å²) in [6.45, 7) is 2.08. The van der Waals surface area contributed by atoms with Crippen molar-refractivity contribution < 1.29 is 8.78 Å². The first-order valence-corrected chi connectivity index (χ1v) is 5.24. The number of hydrogen-bond donors (Lipinski definition) is 1. The van der Waals surface area contributed by atoms with Crippen molar-refractivity contribution in [2.24, 2.45) is 7.05 Å². The summed E-state index contributed by atoms with van der Waals surface area (Å²) in [6.07, 6.45) is 1.80. The second kappa shape index (κ2) is 4.53. The maximum Gasteiger partial charge on any atom is 0.128 e. The summed E-state index contributed by atoms with van der Waals surface area (Å²) < 4.78 is 28.0. The van der Waals surface area contributed by atoms with Gasteiger partial charge in [0.1, 0.15) is 11.6 Å². The molecule has 0 saturated carbocycles. The SMILES string of the molecule is Cc1nn(C)cc1NCc1cc(F)ccc1F. The molecule has 0 amide bonds. The highest BCUT2D eigenvalue weighted by atomic mass is 19.1. The Labute approximate surface area is 98.1 Å². The van der Waals surface area contributed by atoms with E-state index in [0.29, 0.717) is 5.56 Å². The monoisotopic (exact) mass is 237 g/mol. The van der Waals surface area contributed by atoms with Gasteiger partial charge in [0, 0.05) is 25.4 Å². The Kier molecular flexibility index (Phi) is 3.08. The van der Waals surface area contributed by atoms with Gasteiger partial charge in [-0.1, -0.05) is 0 Å². The number of nitrogens with zero attached hydrogens (tertiary/aromatic N) is 2. The maximum atomic E-state index is 13.4. The lowest BCUT2D eigenvalue weighted by Gasteiger charge is -2.06. The summed E-state index contributed by atoms with van der Waals surface area (Å²) >= 11 is 0. The summed E-state index contributed by atoms with van der Waals surface area (Å²) in [7, 11) is 1.81. The first-order chi connectivity index (χ1) is 8.06. The van der Waals surface area contributed by atoms with E-state index in [-0.39, 0.29) is 6.54 Å². The minimum atomic E-state index is -0.439. The Hall–Kier alpha value is -1.91. The van der Waals surface area contributed by atoms with Gasteiger partial charge in [-0.25, -0.2) is 8.78 Å². The highest BCUT2D eigenvalue weighted by Gasteiger charge is 2.06. The van der Waals surface area contributed by atoms with Crippen molar-refractivity contribution in [3.05, 3.63) is 47.3 Å². The predicted molar refractivity (Wildman–Crippen MR) is 61.6 cm³/mol. The molecular formula is C12H13F2N3. The van der Waals surface area contributed by atoms with Crippen molar-refractivity contribution in [1.29, 1.82) is 0 Å². The first kappa shape index (κ1) is 11.6. The van der Waals surface area contributed by atoms with E-state index in [2.05, 4.69) is 10.4 Å². The molecule has 2 rings (SSSR count). The Bertz CT molecular complexity index is 535. The average Bonchev–Trinajstić information content (AvgIpc) is 2.59. The van der Waals surface area contributed by atoms with E-state index < -0.39 is 11.6 Å². The summed E-state index contributed by atoms with van der Waals surface area (Å²) in [4.78, 5) is 0. The van der Waals surface area contributed by atoms with Crippen LogP contribution in [0.2, 0.25) is 0 Å². The van der Waals surface area contributed by atoms with E-state index >= 15 is 0 Å². The van der Waals surface area contributed by atoms with Crippen LogP contribution in [0.3, 0.4) is 0 Å². The lowest BCUT2D eigenvalue weighted by molar-refractivity contribution is 0.587. The first-order valence-electron chi connectivity index (χ1n) is 5.24. The van der Waals surface area contributed by atoms with Gasteiger partial charge in [-0.2, -0.15) is 5.10 Å². The van der Waals surface area contributed by atoms with Crippen LogP contribution in [0.1, 0.15) is 11.3 Å². The summed E-state index contributed by atoms with van der Waals surface area (Å²) in [6, 6.07) is 3.42. The largest absolute Gasteiger partial charge is 0.378 e. The van der Waals surface area contributed by atoms with Crippen molar-refractivity contribution in [1.82, 2.24) is 9.78 Å².